The number of benzene rings is 3. The van der Waals surface area contributed by atoms with Gasteiger partial charge in [-0.05, 0) is 74.1 Å². The highest BCUT2D eigenvalue weighted by Crippen LogP contribution is 2.40. The summed E-state index contributed by atoms with van der Waals surface area (Å²) in [6, 6.07) is 16.9. The Hall–Kier alpha value is -6.62. The van der Waals surface area contributed by atoms with E-state index in [0.717, 1.165) is 78.9 Å². The maximum Gasteiger partial charge on any atom is 0.262 e. The van der Waals surface area contributed by atoms with Gasteiger partial charge in [0.05, 0.1) is 49.1 Å². The molecule has 4 saturated heterocycles. The molecule has 0 aliphatic carbocycles. The van der Waals surface area contributed by atoms with Crippen molar-refractivity contribution >= 4 is 52.6 Å². The van der Waals surface area contributed by atoms with Gasteiger partial charge in [-0.1, -0.05) is 18.2 Å². The van der Waals surface area contributed by atoms with E-state index in [9.17, 15) is 28.8 Å². The summed E-state index contributed by atoms with van der Waals surface area (Å²) in [4.78, 5) is 86.7. The minimum Gasteiger partial charge on any atom is -0.496 e. The number of halogens is 1. The summed E-state index contributed by atoms with van der Waals surface area (Å²) in [5.41, 5.74) is 4.31. The first kappa shape index (κ1) is 39.5. The second-order valence-corrected chi connectivity index (χ2v) is 17.1. The second-order valence-electron chi connectivity index (χ2n) is 17.1. The van der Waals surface area contributed by atoms with Gasteiger partial charge in [-0.15, -0.1) is 0 Å². The van der Waals surface area contributed by atoms with Gasteiger partial charge in [0, 0.05) is 73.6 Å². The van der Waals surface area contributed by atoms with Gasteiger partial charge in [0.25, 0.3) is 17.7 Å². The number of piperidine rings is 2. The Morgan fingerprint density at radius 3 is 2.40 bits per heavy atom. The van der Waals surface area contributed by atoms with Crippen molar-refractivity contribution < 1.29 is 37.9 Å². The summed E-state index contributed by atoms with van der Waals surface area (Å²) in [6.07, 6.45) is 3.18. The average Bonchev–Trinajstić information content (AvgIpc) is 4.10. The van der Waals surface area contributed by atoms with E-state index >= 15 is 4.39 Å². The largest absolute Gasteiger partial charge is 0.496 e. The van der Waals surface area contributed by atoms with Crippen molar-refractivity contribution in [3.8, 4) is 5.75 Å². The van der Waals surface area contributed by atoms with Crippen LogP contribution in [0.25, 0.3) is 0 Å². The molecule has 7 heterocycles. The van der Waals surface area contributed by atoms with Gasteiger partial charge in [-0.25, -0.2) is 4.39 Å². The molecule has 10 rings (SSSR count). The number of carbonyl (C=O) groups excluding carboxylic acids is 6. The minimum absolute atomic E-state index is 0.0158. The number of aromatic nitrogens is 2. The Morgan fingerprint density at radius 2 is 1.68 bits per heavy atom. The average molecular weight is 844 g/mol. The van der Waals surface area contributed by atoms with Crippen LogP contribution in [0, 0.1) is 11.7 Å². The molecule has 16 nitrogen and oxygen atoms in total. The quantitative estimate of drug-likeness (QED) is 0.199. The third-order valence-electron chi connectivity index (χ3n) is 13.5. The molecule has 3 unspecified atom stereocenters. The van der Waals surface area contributed by atoms with Gasteiger partial charge in [-0.2, -0.15) is 5.10 Å². The van der Waals surface area contributed by atoms with Crippen molar-refractivity contribution in [2.24, 2.45) is 5.92 Å². The van der Waals surface area contributed by atoms with Gasteiger partial charge in [0.15, 0.2) is 5.82 Å². The van der Waals surface area contributed by atoms with Crippen LogP contribution in [-0.2, 0) is 33.9 Å². The number of para-hydroxylation sites is 1. The number of nitrogens with zero attached hydrogens (tertiary/aromatic N) is 6. The Kier molecular flexibility index (Phi) is 10.00. The summed E-state index contributed by atoms with van der Waals surface area (Å²) < 4.78 is 21.1. The van der Waals surface area contributed by atoms with Gasteiger partial charge < -0.3 is 24.8 Å². The molecular weight excluding hydrogens is 798 g/mol. The Balaban J connectivity index is 0.697. The third-order valence-corrected chi connectivity index (χ3v) is 13.5. The van der Waals surface area contributed by atoms with E-state index < -0.39 is 35.5 Å². The molecular formula is C45H46FN9O7. The number of rotatable bonds is 10. The second kappa shape index (κ2) is 15.7. The van der Waals surface area contributed by atoms with Crippen molar-refractivity contribution in [2.45, 2.75) is 69.7 Å². The zero-order valence-electron chi connectivity index (χ0n) is 34.2. The van der Waals surface area contributed by atoms with Crippen molar-refractivity contribution in [2.75, 3.05) is 55.0 Å². The molecule has 62 heavy (non-hydrogen) atoms. The minimum atomic E-state index is -1.10. The molecule has 6 amide bonds. The summed E-state index contributed by atoms with van der Waals surface area (Å²) >= 11 is 0. The fraction of sp³-hybridized carbons (Fsp3) is 0.400. The monoisotopic (exact) mass is 843 g/mol. The van der Waals surface area contributed by atoms with Gasteiger partial charge in [-0.3, -0.25) is 49.0 Å². The Morgan fingerprint density at radius 1 is 0.919 bits per heavy atom. The van der Waals surface area contributed by atoms with Crippen LogP contribution < -0.4 is 25.2 Å². The third kappa shape index (κ3) is 7.03. The molecule has 3 aromatic carbocycles. The molecule has 0 spiro atoms. The molecule has 6 aliphatic rings. The number of methoxy groups -OCH3 is 1. The number of likely N-dealkylation sites (tertiary alicyclic amines) is 1. The number of hydrogen-bond acceptors (Lipinski definition) is 11. The molecule has 17 heteroatoms. The number of piperazine rings is 1. The maximum atomic E-state index is 15.6. The molecule has 0 radical (unpaired) electrons. The van der Waals surface area contributed by atoms with Crippen molar-refractivity contribution in [3.63, 3.8) is 0 Å². The normalized spacial score (nSPS) is 22.4. The van der Waals surface area contributed by atoms with E-state index in [1.807, 2.05) is 53.4 Å². The van der Waals surface area contributed by atoms with Crippen molar-refractivity contribution in [3.05, 3.63) is 100.0 Å². The maximum absolute atomic E-state index is 15.6. The summed E-state index contributed by atoms with van der Waals surface area (Å²) in [7, 11) is 1.59. The standard InChI is InChI=1S/C45H46FN9O7/c1-62-38-5-3-2-4-27(38)16-40(57)53-23-33-35(24-53)49-50-41(33)48-42(58)26-6-8-28(9-7-26)51-14-12-25(13-15-51)20-52-21-30-17-29(52)22-54(30)37-19-32-31(18-34(37)46)44(60)55(45(32)61)36-10-11-39(56)47-43(36)59/h2-9,18-19,25,29-30,36H,10-17,20-24H2,1H3,(H,47,56,59)(H2,48,49,50,58). The van der Waals surface area contributed by atoms with Crippen molar-refractivity contribution in [1.29, 1.82) is 0 Å². The van der Waals surface area contributed by atoms with Crippen LogP contribution in [0.2, 0.25) is 0 Å². The van der Waals surface area contributed by atoms with Gasteiger partial charge in [0.2, 0.25) is 17.7 Å². The summed E-state index contributed by atoms with van der Waals surface area (Å²) in [5.74, 6) is -1.80. The Bertz CT molecular complexity index is 2520. The lowest BCUT2D eigenvalue weighted by Gasteiger charge is -2.40. The van der Waals surface area contributed by atoms with Crippen LogP contribution in [0.4, 0.5) is 21.6 Å². The first-order chi connectivity index (χ1) is 30.0. The number of carbonyl (C=O) groups is 6. The van der Waals surface area contributed by atoms with Crippen molar-refractivity contribution in [1.82, 2.24) is 30.2 Å². The lowest BCUT2D eigenvalue weighted by Crippen LogP contribution is -2.54. The number of amides is 6. The van der Waals surface area contributed by atoms with Crippen LogP contribution in [0.3, 0.4) is 0 Å². The zero-order valence-corrected chi connectivity index (χ0v) is 34.2. The molecule has 4 fully saturated rings. The van der Waals surface area contributed by atoms with E-state index in [1.54, 1.807) is 12.0 Å². The topological polar surface area (TPSA) is 181 Å². The van der Waals surface area contributed by atoms with Crippen LogP contribution in [-0.4, -0.2) is 118 Å². The smallest absolute Gasteiger partial charge is 0.262 e. The lowest BCUT2D eigenvalue weighted by molar-refractivity contribution is -0.136. The number of H-pyrrole nitrogens is 1. The summed E-state index contributed by atoms with van der Waals surface area (Å²) in [6.45, 7) is 4.86. The number of fused-ring (bicyclic) bond motifs is 4. The molecule has 2 bridgehead atoms. The first-order valence-corrected chi connectivity index (χ1v) is 21.2. The van der Waals surface area contributed by atoms with E-state index in [4.69, 9.17) is 4.74 Å². The van der Waals surface area contributed by atoms with E-state index in [-0.39, 0.29) is 54.3 Å². The van der Waals surface area contributed by atoms with Gasteiger partial charge in [0.1, 0.15) is 17.6 Å². The van der Waals surface area contributed by atoms with E-state index in [1.165, 1.54) is 6.07 Å². The Labute approximate surface area is 356 Å². The van der Waals surface area contributed by atoms with Crippen LogP contribution in [0.5, 0.6) is 5.75 Å². The van der Waals surface area contributed by atoms with Gasteiger partial charge >= 0.3 is 0 Å². The molecule has 3 N–H and O–H groups in total. The lowest BCUT2D eigenvalue weighted by atomic mass is 9.95. The fourth-order valence-electron chi connectivity index (χ4n) is 10.2. The SMILES string of the molecule is COc1ccccc1CC(=O)N1Cc2[nH]nc(NC(=O)c3ccc(N4CCC(CN5CC6CC5CN6c5cc6c(cc5F)C(=O)N(C5CCC(=O)NC5=O)C6=O)CC4)cc3)c2C1. The highest BCUT2D eigenvalue weighted by atomic mass is 19.1. The van der Waals surface area contributed by atoms with Crippen LogP contribution in [0.15, 0.2) is 60.7 Å². The molecule has 6 aliphatic heterocycles. The first-order valence-electron chi connectivity index (χ1n) is 21.2. The highest BCUT2D eigenvalue weighted by Gasteiger charge is 2.48. The van der Waals surface area contributed by atoms with Crippen LogP contribution >= 0.6 is 0 Å². The summed E-state index contributed by atoms with van der Waals surface area (Å²) in [5, 5.41) is 12.4. The number of ether oxygens (including phenoxy) is 1. The number of imide groups is 2. The predicted molar refractivity (Wildman–Crippen MR) is 223 cm³/mol. The van der Waals surface area contributed by atoms with Crippen LogP contribution in [0.1, 0.15) is 80.0 Å². The highest BCUT2D eigenvalue weighted by molar-refractivity contribution is 6.23. The fourth-order valence-corrected chi connectivity index (χ4v) is 10.2. The number of hydrogen-bond donors (Lipinski definition) is 3. The predicted octanol–water partition coefficient (Wildman–Crippen LogP) is 3.48. The number of aromatic amines is 1. The number of anilines is 3. The molecule has 4 aromatic rings. The molecule has 1 aromatic heterocycles. The van der Waals surface area contributed by atoms with E-state index in [2.05, 4.69) is 30.6 Å². The molecule has 3 atom stereocenters. The van der Waals surface area contributed by atoms with E-state index in [0.29, 0.717) is 48.4 Å². The molecule has 0 saturated carbocycles. The molecule has 320 valence electrons. The number of nitrogens with one attached hydrogen (secondary N) is 3. The zero-order chi connectivity index (χ0) is 42.8.